The molecule has 106 valence electrons. The number of carbonyl (C=O) groups is 1. The maximum absolute atomic E-state index is 11.8. The number of unbranched alkanes of at least 4 members (excludes halogenated alkanes) is 1. The average molecular weight is 270 g/mol. The van der Waals surface area contributed by atoms with Crippen molar-refractivity contribution >= 4 is 14.6 Å². The van der Waals surface area contributed by atoms with Crippen molar-refractivity contribution in [3.05, 3.63) is 12.7 Å². The summed E-state index contributed by atoms with van der Waals surface area (Å²) in [5.74, 6) is 0. The van der Waals surface area contributed by atoms with Gasteiger partial charge in [-0.1, -0.05) is 39.7 Å². The fourth-order valence-electron chi connectivity index (χ4n) is 2.29. The molecule has 0 aliphatic rings. The Morgan fingerprint density at radius 2 is 1.83 bits per heavy atom. The Balaban J connectivity index is 5.33. The van der Waals surface area contributed by atoms with Crippen LogP contribution >= 0.6 is 0 Å². The van der Waals surface area contributed by atoms with E-state index < -0.39 is 13.9 Å². The van der Waals surface area contributed by atoms with Gasteiger partial charge in [0.05, 0.1) is 0 Å². The minimum absolute atomic E-state index is 0.202. The van der Waals surface area contributed by atoms with Crippen LogP contribution in [0.4, 0.5) is 0 Å². The lowest BCUT2D eigenvalue weighted by Gasteiger charge is -2.46. The first-order valence-corrected chi connectivity index (χ1v) is 10.3. The highest BCUT2D eigenvalue weighted by Gasteiger charge is 2.47. The second-order valence-electron chi connectivity index (χ2n) is 6.70. The van der Waals surface area contributed by atoms with Gasteiger partial charge in [0.1, 0.15) is 5.60 Å². The summed E-state index contributed by atoms with van der Waals surface area (Å²) in [7, 11) is -1.77. The predicted molar refractivity (Wildman–Crippen MR) is 81.3 cm³/mol. The van der Waals surface area contributed by atoms with Gasteiger partial charge in [0.25, 0.3) is 0 Å². The molecule has 0 radical (unpaired) electrons. The van der Waals surface area contributed by atoms with Crippen molar-refractivity contribution in [2.75, 3.05) is 0 Å². The minimum atomic E-state index is -1.77. The molecular weight excluding hydrogens is 240 g/mol. The normalized spacial score (nSPS) is 16.1. The molecule has 0 heterocycles. The van der Waals surface area contributed by atoms with Gasteiger partial charge in [-0.15, -0.1) is 6.58 Å². The summed E-state index contributed by atoms with van der Waals surface area (Å²) in [6, 6.07) is 0. The maximum Gasteiger partial charge on any atom is 0.185 e. The Hall–Kier alpha value is -0.413. The van der Waals surface area contributed by atoms with Crippen LogP contribution in [0, 0.1) is 5.41 Å². The second kappa shape index (κ2) is 6.67. The summed E-state index contributed by atoms with van der Waals surface area (Å²) in [5, 5.41) is 0. The zero-order valence-corrected chi connectivity index (χ0v) is 14.0. The van der Waals surface area contributed by atoms with Crippen LogP contribution in [0.1, 0.15) is 46.5 Å². The second-order valence-corrected chi connectivity index (χ2v) is 11.1. The SMILES string of the molecule is C=CCC(C)(C)C(C=O)(CCCC)O[Si](C)(C)C. The number of hydrogen-bond acceptors (Lipinski definition) is 2. The van der Waals surface area contributed by atoms with E-state index in [-0.39, 0.29) is 5.41 Å². The minimum Gasteiger partial charge on any atom is -0.405 e. The molecule has 0 fully saturated rings. The van der Waals surface area contributed by atoms with E-state index in [0.29, 0.717) is 0 Å². The molecule has 0 spiro atoms. The number of carbonyl (C=O) groups excluding carboxylic acids is 1. The van der Waals surface area contributed by atoms with Crippen molar-refractivity contribution in [2.45, 2.75) is 71.7 Å². The third kappa shape index (κ3) is 4.69. The molecule has 0 aromatic heterocycles. The zero-order chi connectivity index (χ0) is 14.4. The van der Waals surface area contributed by atoms with Gasteiger partial charge in [0.15, 0.2) is 14.6 Å². The van der Waals surface area contributed by atoms with E-state index in [0.717, 1.165) is 32.0 Å². The molecule has 0 aromatic carbocycles. The van der Waals surface area contributed by atoms with E-state index in [1.807, 2.05) is 6.08 Å². The topological polar surface area (TPSA) is 26.3 Å². The molecule has 0 bridgehead atoms. The molecule has 1 atom stereocenters. The van der Waals surface area contributed by atoms with Crippen molar-refractivity contribution in [2.24, 2.45) is 5.41 Å². The quantitative estimate of drug-likeness (QED) is 0.348. The number of hydrogen-bond donors (Lipinski definition) is 0. The molecule has 2 nitrogen and oxygen atoms in total. The van der Waals surface area contributed by atoms with Crippen molar-refractivity contribution in [1.82, 2.24) is 0 Å². The Labute approximate surface area is 114 Å². The van der Waals surface area contributed by atoms with Crippen LogP contribution in [0.5, 0.6) is 0 Å². The monoisotopic (exact) mass is 270 g/mol. The molecule has 0 aliphatic carbocycles. The summed E-state index contributed by atoms with van der Waals surface area (Å²) < 4.78 is 6.32. The van der Waals surface area contributed by atoms with Gasteiger partial charge in [0, 0.05) is 5.41 Å². The van der Waals surface area contributed by atoms with Crippen molar-refractivity contribution in [3.8, 4) is 0 Å². The van der Waals surface area contributed by atoms with Gasteiger partial charge in [-0.05, 0) is 32.5 Å². The van der Waals surface area contributed by atoms with Gasteiger partial charge in [-0.2, -0.15) is 0 Å². The molecule has 18 heavy (non-hydrogen) atoms. The number of allylic oxidation sites excluding steroid dienone is 1. The molecule has 0 saturated heterocycles. The van der Waals surface area contributed by atoms with E-state index in [2.05, 4.69) is 47.0 Å². The molecule has 0 saturated carbocycles. The smallest absolute Gasteiger partial charge is 0.185 e. The summed E-state index contributed by atoms with van der Waals surface area (Å²) in [5.41, 5.74) is -0.867. The van der Waals surface area contributed by atoms with E-state index in [9.17, 15) is 4.79 Å². The lowest BCUT2D eigenvalue weighted by Crippen LogP contribution is -2.53. The van der Waals surface area contributed by atoms with Crippen molar-refractivity contribution < 1.29 is 9.22 Å². The first kappa shape index (κ1) is 17.6. The maximum atomic E-state index is 11.8. The van der Waals surface area contributed by atoms with E-state index >= 15 is 0 Å². The van der Waals surface area contributed by atoms with Crippen LogP contribution in [0.2, 0.25) is 19.6 Å². The number of rotatable bonds is 9. The Bertz CT molecular complexity index is 279. The van der Waals surface area contributed by atoms with Gasteiger partial charge in [-0.25, -0.2) is 0 Å². The highest BCUT2D eigenvalue weighted by molar-refractivity contribution is 6.70. The third-order valence-corrected chi connectivity index (χ3v) is 4.36. The van der Waals surface area contributed by atoms with Gasteiger partial charge >= 0.3 is 0 Å². The summed E-state index contributed by atoms with van der Waals surface area (Å²) >= 11 is 0. The van der Waals surface area contributed by atoms with Crippen molar-refractivity contribution in [1.29, 1.82) is 0 Å². The largest absolute Gasteiger partial charge is 0.405 e. The van der Waals surface area contributed by atoms with Crippen LogP contribution in [-0.2, 0) is 9.22 Å². The molecule has 0 N–H and O–H groups in total. The fraction of sp³-hybridized carbons (Fsp3) is 0.800. The highest BCUT2D eigenvalue weighted by atomic mass is 28.4. The first-order valence-electron chi connectivity index (χ1n) is 6.91. The first-order chi connectivity index (χ1) is 8.14. The Kier molecular flexibility index (Phi) is 6.51. The van der Waals surface area contributed by atoms with Gasteiger partial charge < -0.3 is 9.22 Å². The Morgan fingerprint density at radius 1 is 1.28 bits per heavy atom. The molecule has 0 amide bonds. The summed E-state index contributed by atoms with van der Waals surface area (Å²) in [4.78, 5) is 11.8. The molecule has 3 heteroatoms. The average Bonchev–Trinajstić information content (AvgIpc) is 2.22. The summed E-state index contributed by atoms with van der Waals surface area (Å²) in [6.45, 7) is 16.6. The Morgan fingerprint density at radius 3 is 2.17 bits per heavy atom. The van der Waals surface area contributed by atoms with Gasteiger partial charge in [-0.3, -0.25) is 0 Å². The molecule has 0 aliphatic heterocycles. The highest BCUT2D eigenvalue weighted by Crippen LogP contribution is 2.41. The van der Waals surface area contributed by atoms with Crippen LogP contribution in [0.25, 0.3) is 0 Å². The lowest BCUT2D eigenvalue weighted by atomic mass is 9.71. The predicted octanol–water partition coefficient (Wildman–Crippen LogP) is 4.57. The molecular formula is C15H30O2Si. The van der Waals surface area contributed by atoms with Gasteiger partial charge in [0.2, 0.25) is 0 Å². The van der Waals surface area contributed by atoms with Crippen LogP contribution in [0.15, 0.2) is 12.7 Å². The molecule has 0 rings (SSSR count). The number of aldehydes is 1. The van der Waals surface area contributed by atoms with Crippen molar-refractivity contribution in [3.63, 3.8) is 0 Å². The van der Waals surface area contributed by atoms with E-state index in [4.69, 9.17) is 4.43 Å². The van der Waals surface area contributed by atoms with Crippen LogP contribution in [0.3, 0.4) is 0 Å². The molecule has 0 aromatic rings. The zero-order valence-electron chi connectivity index (χ0n) is 13.0. The standard InChI is InChI=1S/C15H30O2Si/c1-8-10-12-15(13-16,17-18(5,6)7)14(3,4)11-9-2/h9,13H,2,8,10-12H2,1,3-7H3. The summed E-state index contributed by atoms with van der Waals surface area (Å²) in [6.07, 6.45) is 6.62. The third-order valence-electron chi connectivity index (χ3n) is 3.38. The van der Waals surface area contributed by atoms with Crippen LogP contribution < -0.4 is 0 Å². The lowest BCUT2D eigenvalue weighted by molar-refractivity contribution is -0.135. The van der Waals surface area contributed by atoms with E-state index in [1.54, 1.807) is 0 Å². The van der Waals surface area contributed by atoms with E-state index in [1.165, 1.54) is 0 Å². The molecule has 1 unspecified atom stereocenters. The van der Waals surface area contributed by atoms with Crippen LogP contribution in [-0.4, -0.2) is 20.2 Å². The fourth-order valence-corrected chi connectivity index (χ4v) is 3.81.